The summed E-state index contributed by atoms with van der Waals surface area (Å²) < 4.78 is 7.52. The Labute approximate surface area is 118 Å². The van der Waals surface area contributed by atoms with E-state index in [1.54, 1.807) is 7.11 Å². The molecule has 0 atom stereocenters. The number of hydrogen-bond donors (Lipinski definition) is 1. The molecule has 0 unspecified atom stereocenters. The number of nitrogens with two attached hydrogens (primary N) is 1. The Kier molecular flexibility index (Phi) is 2.65. The number of rotatable bonds is 5. The van der Waals surface area contributed by atoms with Gasteiger partial charge in [0.1, 0.15) is 5.75 Å². The van der Waals surface area contributed by atoms with Gasteiger partial charge in [0.2, 0.25) is 5.95 Å². The fraction of sp³-hybridized carbons (Fsp3) is 0.562. The predicted octanol–water partition coefficient (Wildman–Crippen LogP) is 3.06. The molecule has 20 heavy (non-hydrogen) atoms. The summed E-state index contributed by atoms with van der Waals surface area (Å²) in [6.07, 6.45) is 5.60. The molecule has 2 aliphatic carbocycles. The third-order valence-electron chi connectivity index (χ3n) is 4.83. The Bertz CT molecular complexity index is 628. The van der Waals surface area contributed by atoms with Crippen LogP contribution in [0.3, 0.4) is 0 Å². The van der Waals surface area contributed by atoms with Crippen LogP contribution in [0.4, 0.5) is 5.95 Å². The maximum atomic E-state index is 6.15. The molecule has 1 aromatic heterocycles. The lowest BCUT2D eigenvalue weighted by molar-refractivity contribution is 0.355. The first-order valence-electron chi connectivity index (χ1n) is 7.56. The average Bonchev–Trinajstić information content (AvgIpc) is 3.34. The molecule has 0 bridgehead atoms. The molecule has 2 fully saturated rings. The number of aromatic nitrogens is 2. The molecule has 2 aliphatic rings. The van der Waals surface area contributed by atoms with E-state index < -0.39 is 0 Å². The van der Waals surface area contributed by atoms with Gasteiger partial charge < -0.3 is 15.0 Å². The van der Waals surface area contributed by atoms with Crippen molar-refractivity contribution in [1.29, 1.82) is 0 Å². The highest BCUT2D eigenvalue weighted by Gasteiger charge is 2.41. The van der Waals surface area contributed by atoms with Crippen LogP contribution in [0.1, 0.15) is 25.7 Å². The van der Waals surface area contributed by atoms with Gasteiger partial charge in [-0.25, -0.2) is 4.98 Å². The summed E-state index contributed by atoms with van der Waals surface area (Å²) in [5.41, 5.74) is 8.22. The number of anilines is 1. The first-order chi connectivity index (χ1) is 9.76. The summed E-state index contributed by atoms with van der Waals surface area (Å²) >= 11 is 0. The lowest BCUT2D eigenvalue weighted by Gasteiger charge is -2.17. The lowest BCUT2D eigenvalue weighted by Crippen LogP contribution is -2.16. The number of fused-ring (bicyclic) bond motifs is 1. The summed E-state index contributed by atoms with van der Waals surface area (Å²) in [6, 6.07) is 5.98. The number of imidazole rings is 1. The fourth-order valence-electron chi connectivity index (χ4n) is 3.38. The summed E-state index contributed by atoms with van der Waals surface area (Å²) in [5.74, 6) is 4.14. The van der Waals surface area contributed by atoms with E-state index in [-0.39, 0.29) is 0 Å². The van der Waals surface area contributed by atoms with Gasteiger partial charge in [0.25, 0.3) is 0 Å². The molecule has 1 aromatic carbocycles. The Hall–Kier alpha value is -1.71. The highest BCUT2D eigenvalue weighted by molar-refractivity contribution is 5.79. The zero-order valence-corrected chi connectivity index (χ0v) is 11.9. The zero-order valence-electron chi connectivity index (χ0n) is 11.9. The number of benzene rings is 1. The fourth-order valence-corrected chi connectivity index (χ4v) is 3.38. The number of ether oxygens (including phenoxy) is 1. The summed E-state index contributed by atoms with van der Waals surface area (Å²) in [7, 11) is 1.70. The topological polar surface area (TPSA) is 53.1 Å². The van der Waals surface area contributed by atoms with Gasteiger partial charge in [0, 0.05) is 12.6 Å². The molecule has 4 heteroatoms. The van der Waals surface area contributed by atoms with Crippen molar-refractivity contribution < 1.29 is 4.74 Å². The summed E-state index contributed by atoms with van der Waals surface area (Å²) in [6.45, 7) is 1.02. The minimum Gasteiger partial charge on any atom is -0.497 e. The maximum Gasteiger partial charge on any atom is 0.201 e. The Balaban J connectivity index is 1.71. The van der Waals surface area contributed by atoms with Gasteiger partial charge >= 0.3 is 0 Å². The highest BCUT2D eigenvalue weighted by Crippen LogP contribution is 2.50. The minimum atomic E-state index is 0.638. The van der Waals surface area contributed by atoms with Crippen LogP contribution in [0.25, 0.3) is 11.0 Å². The third kappa shape index (κ3) is 2.03. The second kappa shape index (κ2) is 4.40. The first kappa shape index (κ1) is 12.1. The van der Waals surface area contributed by atoms with E-state index in [1.165, 1.54) is 25.7 Å². The molecule has 0 aliphatic heterocycles. The molecular weight excluding hydrogens is 250 g/mol. The van der Waals surface area contributed by atoms with Crippen LogP contribution in [-0.4, -0.2) is 16.7 Å². The number of hydrogen-bond acceptors (Lipinski definition) is 3. The van der Waals surface area contributed by atoms with Crippen molar-refractivity contribution in [2.45, 2.75) is 32.2 Å². The number of nitrogen functional groups attached to an aromatic ring is 1. The van der Waals surface area contributed by atoms with Gasteiger partial charge in [-0.3, -0.25) is 0 Å². The normalized spacial score (nSPS) is 18.9. The highest BCUT2D eigenvalue weighted by atomic mass is 16.5. The molecule has 2 saturated carbocycles. The van der Waals surface area contributed by atoms with Crippen LogP contribution in [0, 0.1) is 17.8 Å². The van der Waals surface area contributed by atoms with Crippen molar-refractivity contribution >= 4 is 17.0 Å². The Morgan fingerprint density at radius 3 is 2.60 bits per heavy atom. The van der Waals surface area contributed by atoms with Crippen molar-refractivity contribution in [2.75, 3.05) is 12.8 Å². The van der Waals surface area contributed by atoms with Crippen molar-refractivity contribution in [1.82, 2.24) is 9.55 Å². The molecule has 1 heterocycles. The largest absolute Gasteiger partial charge is 0.497 e. The van der Waals surface area contributed by atoms with Crippen LogP contribution in [0.5, 0.6) is 5.75 Å². The van der Waals surface area contributed by atoms with Crippen LogP contribution < -0.4 is 10.5 Å². The van der Waals surface area contributed by atoms with E-state index in [4.69, 9.17) is 10.5 Å². The minimum absolute atomic E-state index is 0.638. The van der Waals surface area contributed by atoms with E-state index in [1.807, 2.05) is 12.1 Å². The standard InChI is InChI=1S/C16H21N3O/c1-20-12-6-7-14-15(8-12)19(16(17)18-14)9-13(10-2-3-10)11-4-5-11/h6-8,10-11,13H,2-5,9H2,1H3,(H2,17,18). The summed E-state index contributed by atoms with van der Waals surface area (Å²) in [4.78, 5) is 4.49. The van der Waals surface area contributed by atoms with Gasteiger partial charge in [-0.1, -0.05) is 0 Å². The van der Waals surface area contributed by atoms with Crippen LogP contribution in [0.15, 0.2) is 18.2 Å². The molecule has 4 nitrogen and oxygen atoms in total. The molecular formula is C16H21N3O. The van der Waals surface area contributed by atoms with Crippen LogP contribution in [-0.2, 0) is 6.54 Å². The zero-order chi connectivity index (χ0) is 13.7. The molecule has 0 amide bonds. The van der Waals surface area contributed by atoms with Gasteiger partial charge in [0.05, 0.1) is 18.1 Å². The average molecular weight is 271 g/mol. The molecule has 0 radical (unpaired) electrons. The monoisotopic (exact) mass is 271 g/mol. The Morgan fingerprint density at radius 2 is 2.00 bits per heavy atom. The van der Waals surface area contributed by atoms with Crippen LogP contribution >= 0.6 is 0 Å². The maximum absolute atomic E-state index is 6.15. The molecule has 106 valence electrons. The second-order valence-electron chi connectivity index (χ2n) is 6.27. The van der Waals surface area contributed by atoms with Gasteiger partial charge in [-0.05, 0) is 55.6 Å². The van der Waals surface area contributed by atoms with E-state index in [0.29, 0.717) is 5.95 Å². The quantitative estimate of drug-likeness (QED) is 0.909. The van der Waals surface area contributed by atoms with Crippen molar-refractivity contribution in [3.8, 4) is 5.75 Å². The van der Waals surface area contributed by atoms with E-state index in [9.17, 15) is 0 Å². The molecule has 4 rings (SSSR count). The smallest absolute Gasteiger partial charge is 0.201 e. The molecule has 2 N–H and O–H groups in total. The van der Waals surface area contributed by atoms with Gasteiger partial charge in [-0.15, -0.1) is 0 Å². The van der Waals surface area contributed by atoms with Gasteiger partial charge in [0.15, 0.2) is 0 Å². The van der Waals surface area contributed by atoms with E-state index in [0.717, 1.165) is 41.1 Å². The van der Waals surface area contributed by atoms with E-state index >= 15 is 0 Å². The second-order valence-corrected chi connectivity index (χ2v) is 6.27. The lowest BCUT2D eigenvalue weighted by atomic mass is 9.98. The van der Waals surface area contributed by atoms with Crippen molar-refractivity contribution in [3.05, 3.63) is 18.2 Å². The number of nitrogens with zero attached hydrogens (tertiary/aromatic N) is 2. The molecule has 0 spiro atoms. The SMILES string of the molecule is COc1ccc2nc(N)n(CC(C3CC3)C3CC3)c2c1. The number of methoxy groups -OCH3 is 1. The predicted molar refractivity (Wildman–Crippen MR) is 79.6 cm³/mol. The Morgan fingerprint density at radius 1 is 1.30 bits per heavy atom. The third-order valence-corrected chi connectivity index (χ3v) is 4.83. The first-order valence-corrected chi connectivity index (χ1v) is 7.56. The molecule has 2 aromatic rings. The van der Waals surface area contributed by atoms with E-state index in [2.05, 4.69) is 15.6 Å². The van der Waals surface area contributed by atoms with Crippen molar-refractivity contribution in [3.63, 3.8) is 0 Å². The molecule has 0 saturated heterocycles. The summed E-state index contributed by atoms with van der Waals surface area (Å²) in [5, 5.41) is 0. The van der Waals surface area contributed by atoms with Gasteiger partial charge in [-0.2, -0.15) is 0 Å². The van der Waals surface area contributed by atoms with Crippen LogP contribution in [0.2, 0.25) is 0 Å². The van der Waals surface area contributed by atoms with Crippen molar-refractivity contribution in [2.24, 2.45) is 17.8 Å².